The van der Waals surface area contributed by atoms with Crippen LogP contribution in [0.4, 0.5) is 0 Å². The number of fused-ring (bicyclic) bond motifs is 2. The topological polar surface area (TPSA) is 53.4 Å². The predicted molar refractivity (Wildman–Crippen MR) is 79.0 cm³/mol. The molecule has 0 saturated carbocycles. The number of carbonyl (C=O) groups is 1. The van der Waals surface area contributed by atoms with Crippen LogP contribution < -0.4 is 0 Å². The molecule has 3 rings (SSSR count). The highest BCUT2D eigenvalue weighted by Gasteiger charge is 2.40. The zero-order valence-corrected chi connectivity index (χ0v) is 12.7. The van der Waals surface area contributed by atoms with Crippen LogP contribution in [0.5, 0.6) is 0 Å². The Morgan fingerprint density at radius 2 is 2.15 bits per heavy atom. The van der Waals surface area contributed by atoms with E-state index in [2.05, 4.69) is 16.8 Å². The van der Waals surface area contributed by atoms with Crippen LogP contribution in [0.25, 0.3) is 0 Å². The Balaban J connectivity index is 1.57. The van der Waals surface area contributed by atoms with E-state index in [1.54, 1.807) is 11.3 Å². The zero-order chi connectivity index (χ0) is 14.1. The number of piperidine rings is 1. The summed E-state index contributed by atoms with van der Waals surface area (Å²) in [6, 6.07) is 1.23. The molecule has 2 fully saturated rings. The standard InChI is InChI=1S/C15H22N2O2S/c1-10-14(20-9-16-10)4-5-17-12-2-3-13(17)7-11(6-12)8-15(18)19/h9,11-13H,2-8H2,1H3,(H,18,19). The molecule has 0 aromatic carbocycles. The molecule has 110 valence electrons. The lowest BCUT2D eigenvalue weighted by atomic mass is 9.88. The summed E-state index contributed by atoms with van der Waals surface area (Å²) in [4.78, 5) is 19.2. The van der Waals surface area contributed by atoms with E-state index in [0.717, 1.165) is 25.8 Å². The number of aromatic nitrogens is 1. The van der Waals surface area contributed by atoms with Crippen LogP contribution in [-0.4, -0.2) is 39.6 Å². The summed E-state index contributed by atoms with van der Waals surface area (Å²) in [5.41, 5.74) is 3.10. The fourth-order valence-corrected chi connectivity index (χ4v) is 4.73. The lowest BCUT2D eigenvalue weighted by Gasteiger charge is -2.38. The van der Waals surface area contributed by atoms with Crippen LogP contribution in [-0.2, 0) is 11.2 Å². The van der Waals surface area contributed by atoms with E-state index in [1.807, 2.05) is 5.51 Å². The Bertz CT molecular complexity index is 474. The van der Waals surface area contributed by atoms with E-state index < -0.39 is 5.97 Å². The number of rotatable bonds is 5. The number of aryl methyl sites for hydroxylation is 1. The van der Waals surface area contributed by atoms with Crippen molar-refractivity contribution in [3.63, 3.8) is 0 Å². The molecule has 1 N–H and O–H groups in total. The van der Waals surface area contributed by atoms with Gasteiger partial charge in [-0.2, -0.15) is 0 Å². The third kappa shape index (κ3) is 2.88. The number of aliphatic carboxylic acids is 1. The number of carboxylic acid groups (broad SMARTS) is 1. The monoisotopic (exact) mass is 294 g/mol. The van der Waals surface area contributed by atoms with Crippen LogP contribution in [0.1, 0.15) is 42.7 Å². The largest absolute Gasteiger partial charge is 0.481 e. The number of hydrogen-bond acceptors (Lipinski definition) is 4. The van der Waals surface area contributed by atoms with Gasteiger partial charge < -0.3 is 5.11 Å². The van der Waals surface area contributed by atoms with Gasteiger partial charge >= 0.3 is 5.97 Å². The molecular formula is C15H22N2O2S. The molecule has 2 saturated heterocycles. The molecule has 2 aliphatic rings. The van der Waals surface area contributed by atoms with Crippen molar-refractivity contribution >= 4 is 17.3 Å². The van der Waals surface area contributed by atoms with E-state index in [9.17, 15) is 4.79 Å². The van der Waals surface area contributed by atoms with Gasteiger partial charge in [0.15, 0.2) is 0 Å². The summed E-state index contributed by atoms with van der Waals surface area (Å²) < 4.78 is 0. The quantitative estimate of drug-likeness (QED) is 0.907. The van der Waals surface area contributed by atoms with E-state index >= 15 is 0 Å². The average molecular weight is 294 g/mol. The van der Waals surface area contributed by atoms with Crippen LogP contribution in [0.15, 0.2) is 5.51 Å². The number of nitrogens with zero attached hydrogens (tertiary/aromatic N) is 2. The minimum atomic E-state index is -0.636. The summed E-state index contributed by atoms with van der Waals surface area (Å²) in [5, 5.41) is 8.96. The maximum absolute atomic E-state index is 10.9. The van der Waals surface area contributed by atoms with Gasteiger partial charge in [0.1, 0.15) is 0 Å². The Hall–Kier alpha value is -0.940. The van der Waals surface area contributed by atoms with E-state index in [4.69, 9.17) is 5.11 Å². The molecule has 4 nitrogen and oxygen atoms in total. The Morgan fingerprint density at radius 3 is 2.70 bits per heavy atom. The van der Waals surface area contributed by atoms with E-state index in [0.29, 0.717) is 24.4 Å². The van der Waals surface area contributed by atoms with Gasteiger partial charge in [-0.25, -0.2) is 4.98 Å². The lowest BCUT2D eigenvalue weighted by Crippen LogP contribution is -2.44. The summed E-state index contributed by atoms with van der Waals surface area (Å²) in [5.74, 6) is -0.241. The molecule has 1 aromatic rings. The molecule has 3 heterocycles. The Kier molecular flexibility index (Phi) is 4.08. The molecule has 0 aliphatic carbocycles. The van der Waals surface area contributed by atoms with Gasteiger partial charge in [0.05, 0.1) is 11.2 Å². The predicted octanol–water partition coefficient (Wildman–Crippen LogP) is 2.71. The molecule has 0 spiro atoms. The second-order valence-electron chi connectivity index (χ2n) is 6.17. The molecule has 1 aromatic heterocycles. The zero-order valence-electron chi connectivity index (χ0n) is 11.9. The van der Waals surface area contributed by atoms with E-state index in [1.165, 1.54) is 23.4 Å². The van der Waals surface area contributed by atoms with Gasteiger partial charge in [0.2, 0.25) is 0 Å². The van der Waals surface area contributed by atoms with Gasteiger partial charge in [0.25, 0.3) is 0 Å². The molecule has 2 atom stereocenters. The molecule has 0 amide bonds. The number of hydrogen-bond donors (Lipinski definition) is 1. The Morgan fingerprint density at radius 1 is 1.45 bits per heavy atom. The SMILES string of the molecule is Cc1ncsc1CCN1C2CCC1CC(CC(=O)O)C2. The summed E-state index contributed by atoms with van der Waals surface area (Å²) >= 11 is 1.75. The minimum absolute atomic E-state index is 0.356. The molecule has 0 radical (unpaired) electrons. The van der Waals surface area contributed by atoms with Crippen LogP contribution >= 0.6 is 11.3 Å². The molecule has 2 unspecified atom stereocenters. The third-order valence-electron chi connectivity index (χ3n) is 4.89. The molecule has 2 aliphatic heterocycles. The summed E-state index contributed by atoms with van der Waals surface area (Å²) in [6.07, 6.45) is 6.10. The fraction of sp³-hybridized carbons (Fsp3) is 0.733. The van der Waals surface area contributed by atoms with Crippen molar-refractivity contribution in [1.29, 1.82) is 0 Å². The average Bonchev–Trinajstić information content (AvgIpc) is 2.88. The van der Waals surface area contributed by atoms with Gasteiger partial charge in [0, 0.05) is 29.9 Å². The van der Waals surface area contributed by atoms with Crippen molar-refractivity contribution in [2.45, 2.75) is 57.5 Å². The second-order valence-corrected chi connectivity index (χ2v) is 7.11. The van der Waals surface area contributed by atoms with Crippen molar-refractivity contribution in [2.24, 2.45) is 5.92 Å². The van der Waals surface area contributed by atoms with Gasteiger partial charge in [-0.15, -0.1) is 11.3 Å². The van der Waals surface area contributed by atoms with Crippen molar-refractivity contribution in [3.05, 3.63) is 16.1 Å². The fourth-order valence-electron chi connectivity index (χ4n) is 3.96. The molecule has 20 heavy (non-hydrogen) atoms. The normalized spacial score (nSPS) is 29.8. The van der Waals surface area contributed by atoms with Crippen molar-refractivity contribution in [1.82, 2.24) is 9.88 Å². The maximum atomic E-state index is 10.9. The number of carboxylic acids is 1. The van der Waals surface area contributed by atoms with Gasteiger partial charge in [-0.05, 0) is 44.9 Å². The first-order chi connectivity index (χ1) is 9.63. The number of thiazole rings is 1. The maximum Gasteiger partial charge on any atom is 0.303 e. The lowest BCUT2D eigenvalue weighted by molar-refractivity contribution is -0.138. The first kappa shape index (κ1) is 14.0. The third-order valence-corrected chi connectivity index (χ3v) is 5.88. The van der Waals surface area contributed by atoms with Gasteiger partial charge in [-0.1, -0.05) is 0 Å². The highest BCUT2D eigenvalue weighted by Crippen LogP contribution is 2.39. The van der Waals surface area contributed by atoms with Crippen LogP contribution in [0, 0.1) is 12.8 Å². The first-order valence-corrected chi connectivity index (χ1v) is 8.38. The van der Waals surface area contributed by atoms with Crippen molar-refractivity contribution in [2.75, 3.05) is 6.54 Å². The minimum Gasteiger partial charge on any atom is -0.481 e. The highest BCUT2D eigenvalue weighted by atomic mass is 32.1. The summed E-state index contributed by atoms with van der Waals surface area (Å²) in [6.45, 7) is 3.19. The second kappa shape index (κ2) is 5.82. The smallest absolute Gasteiger partial charge is 0.303 e. The summed E-state index contributed by atoms with van der Waals surface area (Å²) in [7, 11) is 0. The van der Waals surface area contributed by atoms with Crippen molar-refractivity contribution in [3.8, 4) is 0 Å². The Labute approximate surface area is 123 Å². The van der Waals surface area contributed by atoms with Crippen LogP contribution in [0.3, 0.4) is 0 Å². The van der Waals surface area contributed by atoms with Gasteiger partial charge in [-0.3, -0.25) is 9.69 Å². The molecule has 2 bridgehead atoms. The van der Waals surface area contributed by atoms with E-state index in [-0.39, 0.29) is 0 Å². The highest BCUT2D eigenvalue weighted by molar-refractivity contribution is 7.09. The molecule has 5 heteroatoms. The van der Waals surface area contributed by atoms with Crippen LogP contribution in [0.2, 0.25) is 0 Å². The first-order valence-electron chi connectivity index (χ1n) is 7.50. The molecular weight excluding hydrogens is 272 g/mol. The van der Waals surface area contributed by atoms with Crippen molar-refractivity contribution < 1.29 is 9.90 Å².